The van der Waals surface area contributed by atoms with Gasteiger partial charge in [0, 0.05) is 0 Å². The lowest BCUT2D eigenvalue weighted by atomic mass is 9.32. The number of allylic oxidation sites excluding steroid dienone is 1. The molecule has 5 aliphatic carbocycles. The molecule has 7 heteroatoms. The summed E-state index contributed by atoms with van der Waals surface area (Å²) in [5.74, 6) is 1.46. The predicted octanol–water partition coefficient (Wildman–Crippen LogP) is 5.38. The SMILES string of the molecule is C=C(C)[C@@H]1CC[C@]2(C(=O)OC3O[C@@H](C)[C@H](O)[C@@H](O)[C@H]3O)CC[C@]3(C)[C@H](CC[C@@H]4[C@@]5(C)CC[C@H](O)C(C)(C)[C@@H]5CC[C@]43C)[C@@H]12. The number of hydrogen-bond acceptors (Lipinski definition) is 7. The molecule has 0 aromatic rings. The van der Waals surface area contributed by atoms with E-state index in [9.17, 15) is 25.2 Å². The van der Waals surface area contributed by atoms with Crippen molar-refractivity contribution in [1.29, 1.82) is 0 Å². The first-order valence-electron chi connectivity index (χ1n) is 17.2. The summed E-state index contributed by atoms with van der Waals surface area (Å²) in [6.45, 7) is 20.4. The van der Waals surface area contributed by atoms with Gasteiger partial charge in [0.15, 0.2) is 0 Å². The fraction of sp³-hybridized carbons (Fsp3) is 0.917. The first-order valence-corrected chi connectivity index (χ1v) is 17.2. The van der Waals surface area contributed by atoms with Crippen molar-refractivity contribution in [2.75, 3.05) is 0 Å². The summed E-state index contributed by atoms with van der Waals surface area (Å²) in [7, 11) is 0. The minimum atomic E-state index is -1.50. The maximum absolute atomic E-state index is 14.4. The third-order valence-corrected chi connectivity index (χ3v) is 15.5. The Hall–Kier alpha value is -0.990. The van der Waals surface area contributed by atoms with Gasteiger partial charge < -0.3 is 29.9 Å². The highest BCUT2D eigenvalue weighted by Crippen LogP contribution is 2.77. The topological polar surface area (TPSA) is 116 Å². The van der Waals surface area contributed by atoms with Crippen LogP contribution >= 0.6 is 0 Å². The van der Waals surface area contributed by atoms with Gasteiger partial charge in [-0.05, 0) is 129 Å². The summed E-state index contributed by atoms with van der Waals surface area (Å²) < 4.78 is 11.7. The van der Waals surface area contributed by atoms with Gasteiger partial charge in [-0.3, -0.25) is 4.79 Å². The maximum atomic E-state index is 14.4. The van der Waals surface area contributed by atoms with E-state index in [1.165, 1.54) is 0 Å². The molecule has 6 aliphatic rings. The Morgan fingerprint density at radius 3 is 2.16 bits per heavy atom. The Balaban J connectivity index is 1.33. The van der Waals surface area contributed by atoms with Gasteiger partial charge in [-0.1, -0.05) is 46.8 Å². The van der Waals surface area contributed by atoms with E-state index in [1.807, 2.05) is 0 Å². The zero-order valence-corrected chi connectivity index (χ0v) is 27.6. The number of carbonyl (C=O) groups is 1. The molecule has 6 rings (SSSR count). The number of carbonyl (C=O) groups excluding carboxylic acids is 1. The second-order valence-electron chi connectivity index (χ2n) is 17.3. The average molecular weight is 603 g/mol. The number of esters is 1. The molecule has 5 saturated carbocycles. The Bertz CT molecular complexity index is 1140. The molecule has 43 heavy (non-hydrogen) atoms. The van der Waals surface area contributed by atoms with Gasteiger partial charge in [-0.2, -0.15) is 0 Å². The van der Waals surface area contributed by atoms with Crippen LogP contribution in [0.2, 0.25) is 0 Å². The lowest BCUT2D eigenvalue weighted by Gasteiger charge is -2.72. The van der Waals surface area contributed by atoms with Crippen LogP contribution in [-0.2, 0) is 14.3 Å². The van der Waals surface area contributed by atoms with E-state index in [1.54, 1.807) is 6.92 Å². The van der Waals surface area contributed by atoms with Crippen LogP contribution in [0.15, 0.2) is 12.2 Å². The molecule has 0 radical (unpaired) electrons. The highest BCUT2D eigenvalue weighted by atomic mass is 16.7. The second-order valence-corrected chi connectivity index (χ2v) is 17.3. The minimum absolute atomic E-state index is 0.0618. The molecule has 7 nitrogen and oxygen atoms in total. The van der Waals surface area contributed by atoms with Crippen LogP contribution in [0, 0.1) is 56.7 Å². The largest absolute Gasteiger partial charge is 0.432 e. The Morgan fingerprint density at radius 2 is 1.49 bits per heavy atom. The molecular formula is C36H58O7. The summed E-state index contributed by atoms with van der Waals surface area (Å²) in [4.78, 5) is 14.4. The average Bonchev–Trinajstić information content (AvgIpc) is 3.34. The number of ether oxygens (including phenoxy) is 2. The highest BCUT2D eigenvalue weighted by molar-refractivity contribution is 5.78. The summed E-state index contributed by atoms with van der Waals surface area (Å²) in [6, 6.07) is 0. The van der Waals surface area contributed by atoms with Crippen LogP contribution in [-0.4, -0.2) is 63.2 Å². The van der Waals surface area contributed by atoms with Crippen molar-refractivity contribution >= 4 is 5.97 Å². The quantitative estimate of drug-likeness (QED) is 0.253. The van der Waals surface area contributed by atoms with Gasteiger partial charge in [0.25, 0.3) is 0 Å². The van der Waals surface area contributed by atoms with Crippen molar-refractivity contribution in [3.05, 3.63) is 12.2 Å². The van der Waals surface area contributed by atoms with E-state index in [-0.39, 0.29) is 45.6 Å². The van der Waals surface area contributed by atoms with E-state index in [2.05, 4.69) is 48.1 Å². The van der Waals surface area contributed by atoms with Gasteiger partial charge >= 0.3 is 5.97 Å². The number of fused-ring (bicyclic) bond motifs is 7. The standard InChI is InChI=1S/C36H58O7/c1-19(2)21-11-16-36(31(41)43-30-29(40)28(39)27(38)20(3)42-30)18-17-34(7)22(26(21)36)9-10-24-33(6)14-13-25(37)32(4,5)23(33)12-15-35(24,34)8/h20-30,37-40H,1,9-18H2,2-8H3/t20-,21-,22+,23-,24+,25-,26+,27-,28+,29+,30?,33-,34+,35+,36-/m0/s1. The van der Waals surface area contributed by atoms with Crippen molar-refractivity contribution in [2.24, 2.45) is 56.7 Å². The molecule has 1 heterocycles. The first-order chi connectivity index (χ1) is 20.0. The molecule has 0 spiro atoms. The number of aliphatic hydroxyl groups is 4. The third kappa shape index (κ3) is 4.19. The zero-order chi connectivity index (χ0) is 31.5. The van der Waals surface area contributed by atoms with E-state index >= 15 is 0 Å². The summed E-state index contributed by atoms with van der Waals surface area (Å²) >= 11 is 0. The van der Waals surface area contributed by atoms with Crippen molar-refractivity contribution in [1.82, 2.24) is 0 Å². The van der Waals surface area contributed by atoms with E-state index in [0.717, 1.165) is 69.8 Å². The number of aliphatic hydroxyl groups excluding tert-OH is 4. The minimum Gasteiger partial charge on any atom is -0.432 e. The smallest absolute Gasteiger partial charge is 0.314 e. The van der Waals surface area contributed by atoms with Crippen LogP contribution in [0.25, 0.3) is 0 Å². The van der Waals surface area contributed by atoms with E-state index in [0.29, 0.717) is 17.8 Å². The fourth-order valence-corrected chi connectivity index (χ4v) is 12.8. The van der Waals surface area contributed by atoms with Crippen LogP contribution in [0.4, 0.5) is 0 Å². The summed E-state index contributed by atoms with van der Waals surface area (Å²) in [6.07, 6.45) is 3.33. The Kier molecular flexibility index (Phi) is 7.62. The molecular weight excluding hydrogens is 544 g/mol. The van der Waals surface area contributed by atoms with E-state index < -0.39 is 36.1 Å². The van der Waals surface area contributed by atoms with Crippen LogP contribution in [0.5, 0.6) is 0 Å². The van der Waals surface area contributed by atoms with Gasteiger partial charge in [0.05, 0.1) is 17.6 Å². The van der Waals surface area contributed by atoms with Gasteiger partial charge in [-0.25, -0.2) is 0 Å². The number of rotatable bonds is 3. The second kappa shape index (κ2) is 10.3. The molecule has 0 aromatic carbocycles. The lowest BCUT2D eigenvalue weighted by Crippen LogP contribution is -2.67. The Morgan fingerprint density at radius 1 is 0.791 bits per heavy atom. The molecule has 1 aliphatic heterocycles. The molecule has 15 atom stereocenters. The monoisotopic (exact) mass is 602 g/mol. The van der Waals surface area contributed by atoms with Gasteiger partial charge in [-0.15, -0.1) is 0 Å². The van der Waals surface area contributed by atoms with Gasteiger partial charge in [0.2, 0.25) is 6.29 Å². The lowest BCUT2D eigenvalue weighted by molar-refractivity contribution is -0.292. The van der Waals surface area contributed by atoms with Crippen molar-refractivity contribution in [3.8, 4) is 0 Å². The third-order valence-electron chi connectivity index (χ3n) is 15.5. The molecule has 0 bridgehead atoms. The molecule has 1 unspecified atom stereocenters. The van der Waals surface area contributed by atoms with Crippen LogP contribution in [0.1, 0.15) is 113 Å². The van der Waals surface area contributed by atoms with Crippen LogP contribution in [0.3, 0.4) is 0 Å². The Labute approximate surface area is 258 Å². The van der Waals surface area contributed by atoms with Crippen LogP contribution < -0.4 is 0 Å². The number of hydrogen-bond donors (Lipinski definition) is 4. The molecule has 0 amide bonds. The van der Waals surface area contributed by atoms with Crippen molar-refractivity contribution in [2.45, 2.75) is 149 Å². The normalized spacial score (nSPS) is 55.7. The summed E-state index contributed by atoms with van der Waals surface area (Å²) in [5.41, 5.74) is 0.763. The van der Waals surface area contributed by atoms with Gasteiger partial charge in [0.1, 0.15) is 18.3 Å². The van der Waals surface area contributed by atoms with Crippen molar-refractivity contribution in [3.63, 3.8) is 0 Å². The zero-order valence-electron chi connectivity index (χ0n) is 27.6. The van der Waals surface area contributed by atoms with E-state index in [4.69, 9.17) is 9.47 Å². The molecule has 0 aromatic heterocycles. The molecule has 4 N–H and O–H groups in total. The molecule has 1 saturated heterocycles. The van der Waals surface area contributed by atoms with Crippen molar-refractivity contribution < 1.29 is 34.7 Å². The fourth-order valence-electron chi connectivity index (χ4n) is 12.8. The maximum Gasteiger partial charge on any atom is 0.314 e. The molecule has 244 valence electrons. The molecule has 6 fully saturated rings. The first kappa shape index (κ1) is 32.0. The summed E-state index contributed by atoms with van der Waals surface area (Å²) in [5, 5.41) is 42.3. The highest BCUT2D eigenvalue weighted by Gasteiger charge is 2.72. The predicted molar refractivity (Wildman–Crippen MR) is 163 cm³/mol.